The molecule has 0 saturated carbocycles. The van der Waals surface area contributed by atoms with Crippen LogP contribution in [0.25, 0.3) is 0 Å². The molecular weight excluding hydrogens is 288 g/mol. The zero-order chi connectivity index (χ0) is 14.8. The van der Waals surface area contributed by atoms with Gasteiger partial charge >= 0.3 is 0 Å². The van der Waals surface area contributed by atoms with E-state index in [-0.39, 0.29) is 18.2 Å². The predicted octanol–water partition coefficient (Wildman–Crippen LogP) is 2.80. The molecule has 0 aliphatic carbocycles. The lowest BCUT2D eigenvalue weighted by Crippen LogP contribution is -2.29. The molecule has 112 valence electrons. The number of hydrogen-bond acceptors (Lipinski definition) is 3. The van der Waals surface area contributed by atoms with Crippen LogP contribution in [0, 0.1) is 5.92 Å². The summed E-state index contributed by atoms with van der Waals surface area (Å²) in [6.45, 7) is 2.60. The van der Waals surface area contributed by atoms with Gasteiger partial charge in [0, 0.05) is 37.4 Å². The standard InChI is InChI=1S/C16H19ClN2O2/c17-16(21)12-10-15(20)19(11-12)14-6-4-13(5-7-14)18-8-2-1-3-9-18/h4-7,12H,1-3,8-11H2/t12-/m1/s1. The van der Waals surface area contributed by atoms with Crippen LogP contribution in [0.3, 0.4) is 0 Å². The van der Waals surface area contributed by atoms with Crippen LogP contribution in [0.1, 0.15) is 25.7 Å². The Morgan fingerprint density at radius 1 is 1.05 bits per heavy atom. The van der Waals surface area contributed by atoms with Crippen LogP contribution in [0.2, 0.25) is 0 Å². The molecule has 0 N–H and O–H groups in total. The molecule has 0 radical (unpaired) electrons. The number of amides is 1. The van der Waals surface area contributed by atoms with E-state index in [1.807, 2.05) is 12.1 Å². The summed E-state index contributed by atoms with van der Waals surface area (Å²) in [7, 11) is 0. The summed E-state index contributed by atoms with van der Waals surface area (Å²) in [5.74, 6) is -0.402. The zero-order valence-corrected chi connectivity index (χ0v) is 12.7. The number of carbonyl (C=O) groups is 2. The van der Waals surface area contributed by atoms with E-state index >= 15 is 0 Å². The summed E-state index contributed by atoms with van der Waals surface area (Å²) in [5, 5.41) is -0.421. The van der Waals surface area contributed by atoms with E-state index in [9.17, 15) is 9.59 Å². The summed E-state index contributed by atoms with van der Waals surface area (Å²) < 4.78 is 0. The Bertz CT molecular complexity index is 538. The number of carbonyl (C=O) groups excluding carboxylic acids is 2. The van der Waals surface area contributed by atoms with E-state index < -0.39 is 5.24 Å². The Balaban J connectivity index is 1.72. The molecule has 4 nitrogen and oxygen atoms in total. The van der Waals surface area contributed by atoms with Crippen molar-refractivity contribution in [1.82, 2.24) is 0 Å². The molecule has 1 atom stereocenters. The highest BCUT2D eigenvalue weighted by atomic mass is 35.5. The number of rotatable bonds is 3. The van der Waals surface area contributed by atoms with E-state index in [2.05, 4.69) is 17.0 Å². The Morgan fingerprint density at radius 2 is 1.67 bits per heavy atom. The molecule has 1 aromatic rings. The van der Waals surface area contributed by atoms with Gasteiger partial charge in [-0.2, -0.15) is 0 Å². The van der Waals surface area contributed by atoms with Crippen LogP contribution in [0.15, 0.2) is 24.3 Å². The van der Waals surface area contributed by atoms with Crippen LogP contribution in [0.4, 0.5) is 11.4 Å². The van der Waals surface area contributed by atoms with Crippen LogP contribution >= 0.6 is 11.6 Å². The second-order valence-corrected chi connectivity index (χ2v) is 6.15. The van der Waals surface area contributed by atoms with Gasteiger partial charge in [0.15, 0.2) is 0 Å². The maximum atomic E-state index is 12.0. The molecule has 2 saturated heterocycles. The zero-order valence-electron chi connectivity index (χ0n) is 11.9. The first-order valence-corrected chi connectivity index (χ1v) is 7.87. The van der Waals surface area contributed by atoms with Gasteiger partial charge in [-0.25, -0.2) is 0 Å². The Hall–Kier alpha value is -1.55. The number of anilines is 2. The molecule has 2 aliphatic heterocycles. The monoisotopic (exact) mass is 306 g/mol. The van der Waals surface area contributed by atoms with Gasteiger partial charge in [-0.15, -0.1) is 0 Å². The summed E-state index contributed by atoms with van der Waals surface area (Å²) in [6.07, 6.45) is 4.01. The molecule has 1 amide bonds. The number of hydrogen-bond donors (Lipinski definition) is 0. The van der Waals surface area contributed by atoms with Crippen molar-refractivity contribution in [3.63, 3.8) is 0 Å². The molecular formula is C16H19ClN2O2. The van der Waals surface area contributed by atoms with Crippen molar-refractivity contribution in [1.29, 1.82) is 0 Å². The Morgan fingerprint density at radius 3 is 2.24 bits per heavy atom. The minimum absolute atomic E-state index is 0.0280. The fourth-order valence-corrected chi connectivity index (χ4v) is 3.25. The largest absolute Gasteiger partial charge is 0.372 e. The molecule has 0 unspecified atom stereocenters. The minimum Gasteiger partial charge on any atom is -0.372 e. The van der Waals surface area contributed by atoms with Crippen molar-refractivity contribution in [3.8, 4) is 0 Å². The number of piperidine rings is 1. The third kappa shape index (κ3) is 3.05. The van der Waals surface area contributed by atoms with Crippen LogP contribution in [-0.2, 0) is 9.59 Å². The van der Waals surface area contributed by atoms with Crippen molar-refractivity contribution in [2.24, 2.45) is 5.92 Å². The normalized spacial score (nSPS) is 22.7. The van der Waals surface area contributed by atoms with Gasteiger partial charge in [0.25, 0.3) is 0 Å². The highest BCUT2D eigenvalue weighted by Crippen LogP contribution is 2.29. The summed E-state index contributed by atoms with van der Waals surface area (Å²) in [5.41, 5.74) is 2.05. The summed E-state index contributed by atoms with van der Waals surface area (Å²) in [6, 6.07) is 8.04. The van der Waals surface area contributed by atoms with Gasteiger partial charge in [-0.3, -0.25) is 9.59 Å². The molecule has 0 aromatic heterocycles. The quantitative estimate of drug-likeness (QED) is 0.806. The minimum atomic E-state index is -0.421. The van der Waals surface area contributed by atoms with E-state index in [4.69, 9.17) is 11.6 Å². The average molecular weight is 307 g/mol. The molecule has 3 rings (SSSR count). The SMILES string of the molecule is O=C(Cl)[C@@H]1CC(=O)N(c2ccc(N3CCCCC3)cc2)C1. The lowest BCUT2D eigenvalue weighted by Gasteiger charge is -2.29. The number of benzene rings is 1. The second-order valence-electron chi connectivity index (χ2n) is 5.77. The van der Waals surface area contributed by atoms with Gasteiger partial charge in [-0.1, -0.05) is 0 Å². The van der Waals surface area contributed by atoms with E-state index in [1.54, 1.807) is 4.90 Å². The van der Waals surface area contributed by atoms with Gasteiger partial charge in [0.1, 0.15) is 0 Å². The van der Waals surface area contributed by atoms with Crippen molar-refractivity contribution < 1.29 is 9.59 Å². The van der Waals surface area contributed by atoms with Crippen molar-refractivity contribution in [2.75, 3.05) is 29.4 Å². The van der Waals surface area contributed by atoms with Crippen LogP contribution in [0.5, 0.6) is 0 Å². The van der Waals surface area contributed by atoms with Gasteiger partial charge in [0.2, 0.25) is 11.1 Å². The van der Waals surface area contributed by atoms with Crippen molar-refractivity contribution in [3.05, 3.63) is 24.3 Å². The van der Waals surface area contributed by atoms with Crippen molar-refractivity contribution >= 4 is 34.1 Å². The molecule has 5 heteroatoms. The van der Waals surface area contributed by atoms with Gasteiger partial charge < -0.3 is 9.80 Å². The lowest BCUT2D eigenvalue weighted by atomic mass is 10.1. The fraction of sp³-hybridized carbons (Fsp3) is 0.500. The first kappa shape index (κ1) is 14.4. The third-order valence-electron chi connectivity index (χ3n) is 4.33. The molecule has 1 aromatic carbocycles. The number of nitrogens with zero attached hydrogens (tertiary/aromatic N) is 2. The fourth-order valence-electron chi connectivity index (χ4n) is 3.10. The average Bonchev–Trinajstić information content (AvgIpc) is 2.91. The summed E-state index contributed by atoms with van der Waals surface area (Å²) >= 11 is 5.50. The Labute approximate surface area is 129 Å². The van der Waals surface area contributed by atoms with Gasteiger partial charge in [-0.05, 0) is 55.1 Å². The van der Waals surface area contributed by atoms with E-state index in [0.717, 1.165) is 18.8 Å². The first-order chi connectivity index (χ1) is 10.1. The Kier molecular flexibility index (Phi) is 4.15. The van der Waals surface area contributed by atoms with Crippen molar-refractivity contribution in [2.45, 2.75) is 25.7 Å². The van der Waals surface area contributed by atoms with E-state index in [0.29, 0.717) is 6.54 Å². The lowest BCUT2D eigenvalue weighted by molar-refractivity contribution is -0.120. The van der Waals surface area contributed by atoms with Gasteiger partial charge in [0.05, 0.1) is 5.92 Å². The molecule has 2 heterocycles. The molecule has 0 spiro atoms. The highest BCUT2D eigenvalue weighted by Gasteiger charge is 2.34. The molecule has 2 fully saturated rings. The number of halogens is 1. The summed E-state index contributed by atoms with van der Waals surface area (Å²) in [4.78, 5) is 27.2. The third-order valence-corrected chi connectivity index (χ3v) is 4.64. The smallest absolute Gasteiger partial charge is 0.227 e. The molecule has 2 aliphatic rings. The predicted molar refractivity (Wildman–Crippen MR) is 83.8 cm³/mol. The maximum Gasteiger partial charge on any atom is 0.227 e. The van der Waals surface area contributed by atoms with Crippen LogP contribution in [-0.4, -0.2) is 30.8 Å². The maximum absolute atomic E-state index is 12.0. The van der Waals surface area contributed by atoms with E-state index in [1.165, 1.54) is 24.9 Å². The first-order valence-electron chi connectivity index (χ1n) is 7.50. The van der Waals surface area contributed by atoms with Crippen LogP contribution < -0.4 is 9.80 Å². The topological polar surface area (TPSA) is 40.6 Å². The second kappa shape index (κ2) is 6.06. The molecule has 0 bridgehead atoms. The molecule has 21 heavy (non-hydrogen) atoms. The highest BCUT2D eigenvalue weighted by molar-refractivity contribution is 6.64.